The van der Waals surface area contributed by atoms with Crippen molar-refractivity contribution in [1.82, 2.24) is 9.47 Å². The summed E-state index contributed by atoms with van der Waals surface area (Å²) < 4.78 is 40.7. The summed E-state index contributed by atoms with van der Waals surface area (Å²) in [6, 6.07) is 9.10. The predicted octanol–water partition coefficient (Wildman–Crippen LogP) is 4.87. The molecule has 1 saturated carbocycles. The Morgan fingerprint density at radius 3 is 2.67 bits per heavy atom. The summed E-state index contributed by atoms with van der Waals surface area (Å²) in [5.74, 6) is 0.227. The van der Waals surface area contributed by atoms with Crippen LogP contribution in [0.15, 0.2) is 55.3 Å². The molecule has 1 aliphatic rings. The van der Waals surface area contributed by atoms with Crippen LogP contribution in [0.2, 0.25) is 0 Å². The van der Waals surface area contributed by atoms with Gasteiger partial charge in [0.15, 0.2) is 0 Å². The van der Waals surface area contributed by atoms with Gasteiger partial charge in [-0.3, -0.25) is 4.79 Å². The van der Waals surface area contributed by atoms with Crippen LogP contribution in [0.4, 0.5) is 13.2 Å². The number of carbonyl (C=O) groups is 1. The molecule has 3 rings (SSSR count). The highest BCUT2D eigenvalue weighted by Crippen LogP contribution is 2.30. The van der Waals surface area contributed by atoms with Crippen LogP contribution in [0.3, 0.4) is 0 Å². The van der Waals surface area contributed by atoms with Crippen LogP contribution < -0.4 is 0 Å². The molecule has 1 aromatic carbocycles. The van der Waals surface area contributed by atoms with Crippen molar-refractivity contribution in [3.05, 3.63) is 72.1 Å². The van der Waals surface area contributed by atoms with Crippen molar-refractivity contribution < 1.29 is 18.0 Å². The molecular formula is C21H23F3N2O. The SMILES string of the molecule is C=CCN(Cc1cccn1Cc1cccc(C(F)(F)F)c1)C(=O)C1CCC1. The Morgan fingerprint density at radius 1 is 1.26 bits per heavy atom. The molecule has 1 fully saturated rings. The smallest absolute Gasteiger partial charge is 0.345 e. The molecule has 1 aliphatic carbocycles. The first-order chi connectivity index (χ1) is 12.9. The molecule has 6 heteroatoms. The number of rotatable bonds is 7. The number of hydrogen-bond acceptors (Lipinski definition) is 1. The zero-order valence-corrected chi connectivity index (χ0v) is 15.1. The molecule has 0 bridgehead atoms. The molecule has 1 aromatic heterocycles. The lowest BCUT2D eigenvalue weighted by Crippen LogP contribution is -2.39. The van der Waals surface area contributed by atoms with Crippen molar-refractivity contribution >= 4 is 5.91 Å². The van der Waals surface area contributed by atoms with Gasteiger partial charge in [0.05, 0.1) is 12.1 Å². The van der Waals surface area contributed by atoms with E-state index in [0.29, 0.717) is 25.2 Å². The molecule has 0 radical (unpaired) electrons. The maximum absolute atomic E-state index is 12.9. The minimum absolute atomic E-state index is 0.0943. The van der Waals surface area contributed by atoms with Gasteiger partial charge >= 0.3 is 6.18 Å². The van der Waals surface area contributed by atoms with Gasteiger partial charge in [0.25, 0.3) is 0 Å². The highest BCUT2D eigenvalue weighted by Gasteiger charge is 2.31. The number of alkyl halides is 3. The van der Waals surface area contributed by atoms with Gasteiger partial charge in [0.1, 0.15) is 0 Å². The van der Waals surface area contributed by atoms with Crippen LogP contribution in [0.25, 0.3) is 0 Å². The zero-order chi connectivity index (χ0) is 19.4. The highest BCUT2D eigenvalue weighted by atomic mass is 19.4. The van der Waals surface area contributed by atoms with Crippen molar-refractivity contribution in [2.24, 2.45) is 5.92 Å². The summed E-state index contributed by atoms with van der Waals surface area (Å²) in [6.45, 7) is 4.94. The third-order valence-corrected chi connectivity index (χ3v) is 5.00. The first-order valence-electron chi connectivity index (χ1n) is 9.08. The van der Waals surface area contributed by atoms with Crippen LogP contribution in [-0.4, -0.2) is 21.9 Å². The Bertz CT molecular complexity index is 806. The second-order valence-electron chi connectivity index (χ2n) is 6.96. The maximum Gasteiger partial charge on any atom is 0.416 e. The lowest BCUT2D eigenvalue weighted by Gasteiger charge is -2.31. The van der Waals surface area contributed by atoms with Crippen molar-refractivity contribution in [2.75, 3.05) is 6.54 Å². The normalized spacial score (nSPS) is 14.6. The average Bonchev–Trinajstić information content (AvgIpc) is 2.99. The minimum Gasteiger partial charge on any atom is -0.345 e. The number of benzene rings is 1. The van der Waals surface area contributed by atoms with Crippen LogP contribution in [0.5, 0.6) is 0 Å². The summed E-state index contributed by atoms with van der Waals surface area (Å²) in [4.78, 5) is 14.4. The van der Waals surface area contributed by atoms with Gasteiger partial charge in [0.2, 0.25) is 5.91 Å². The molecule has 0 atom stereocenters. The summed E-state index contributed by atoms with van der Waals surface area (Å²) in [7, 11) is 0. The number of aromatic nitrogens is 1. The van der Waals surface area contributed by atoms with Gasteiger partial charge in [-0.25, -0.2) is 0 Å². The minimum atomic E-state index is -4.36. The number of amides is 1. The lowest BCUT2D eigenvalue weighted by molar-refractivity contribution is -0.138. The molecular weight excluding hydrogens is 353 g/mol. The van der Waals surface area contributed by atoms with E-state index in [1.165, 1.54) is 12.1 Å². The van der Waals surface area contributed by atoms with Gasteiger partial charge in [0, 0.05) is 30.9 Å². The summed E-state index contributed by atoms with van der Waals surface area (Å²) >= 11 is 0. The third kappa shape index (κ3) is 4.62. The van der Waals surface area contributed by atoms with Crippen molar-refractivity contribution in [2.45, 2.75) is 38.5 Å². The molecule has 2 aromatic rings. The van der Waals surface area contributed by atoms with Crippen molar-refractivity contribution in [3.63, 3.8) is 0 Å². The molecule has 0 spiro atoms. The van der Waals surface area contributed by atoms with E-state index < -0.39 is 11.7 Å². The van der Waals surface area contributed by atoms with Crippen LogP contribution in [0.1, 0.15) is 36.1 Å². The van der Waals surface area contributed by atoms with Gasteiger partial charge in [-0.1, -0.05) is 24.6 Å². The topological polar surface area (TPSA) is 25.2 Å². The van der Waals surface area contributed by atoms with Crippen molar-refractivity contribution in [3.8, 4) is 0 Å². The molecule has 0 aliphatic heterocycles. The van der Waals surface area contributed by atoms with Crippen LogP contribution in [-0.2, 0) is 24.1 Å². The number of hydrogen-bond donors (Lipinski definition) is 0. The summed E-state index contributed by atoms with van der Waals surface area (Å²) in [6.07, 6.45) is 2.12. The Labute approximate surface area is 157 Å². The van der Waals surface area contributed by atoms with Crippen LogP contribution >= 0.6 is 0 Å². The van der Waals surface area contributed by atoms with E-state index in [0.717, 1.165) is 31.0 Å². The van der Waals surface area contributed by atoms with E-state index in [1.807, 2.05) is 22.9 Å². The first-order valence-corrected chi connectivity index (χ1v) is 9.08. The molecule has 0 unspecified atom stereocenters. The lowest BCUT2D eigenvalue weighted by atomic mass is 9.84. The molecule has 0 saturated heterocycles. The fraction of sp³-hybridized carbons (Fsp3) is 0.381. The van der Waals surface area contributed by atoms with Crippen molar-refractivity contribution in [1.29, 1.82) is 0 Å². The average molecular weight is 376 g/mol. The summed E-state index contributed by atoms with van der Waals surface area (Å²) in [5, 5.41) is 0. The van der Waals surface area contributed by atoms with E-state index in [9.17, 15) is 18.0 Å². The quantitative estimate of drug-likeness (QED) is 0.633. The van der Waals surface area contributed by atoms with E-state index in [2.05, 4.69) is 6.58 Å². The number of carbonyl (C=O) groups excluding carboxylic acids is 1. The highest BCUT2D eigenvalue weighted by molar-refractivity contribution is 5.79. The molecule has 1 amide bonds. The second kappa shape index (κ2) is 8.03. The number of nitrogens with zero attached hydrogens (tertiary/aromatic N) is 2. The Kier molecular flexibility index (Phi) is 5.73. The first kappa shape index (κ1) is 19.3. The van der Waals surface area contributed by atoms with Gasteiger partial charge in [-0.2, -0.15) is 13.2 Å². The van der Waals surface area contributed by atoms with E-state index >= 15 is 0 Å². The summed E-state index contributed by atoms with van der Waals surface area (Å²) in [5.41, 5.74) is 0.812. The van der Waals surface area contributed by atoms with E-state index in [1.54, 1.807) is 17.0 Å². The van der Waals surface area contributed by atoms with E-state index in [4.69, 9.17) is 0 Å². The Morgan fingerprint density at radius 2 is 2.04 bits per heavy atom. The molecule has 0 N–H and O–H groups in total. The second-order valence-corrected chi connectivity index (χ2v) is 6.96. The molecule has 1 heterocycles. The zero-order valence-electron chi connectivity index (χ0n) is 15.1. The monoisotopic (exact) mass is 376 g/mol. The largest absolute Gasteiger partial charge is 0.416 e. The van der Waals surface area contributed by atoms with Crippen LogP contribution in [0, 0.1) is 5.92 Å². The predicted molar refractivity (Wildman–Crippen MR) is 97.9 cm³/mol. The van der Waals surface area contributed by atoms with Gasteiger partial charge in [-0.15, -0.1) is 6.58 Å². The molecule has 27 heavy (non-hydrogen) atoms. The maximum atomic E-state index is 12.9. The fourth-order valence-electron chi connectivity index (χ4n) is 3.29. The molecule has 144 valence electrons. The number of halogens is 3. The third-order valence-electron chi connectivity index (χ3n) is 5.00. The molecule has 3 nitrogen and oxygen atoms in total. The fourth-order valence-corrected chi connectivity index (χ4v) is 3.29. The standard InChI is InChI=1S/C21H23F3N2O/c1-2-11-26(20(27)17-7-4-8-17)15-19-10-5-12-25(19)14-16-6-3-9-18(13-16)21(22,23)24/h2-3,5-6,9-10,12-13,17H,1,4,7-8,11,14-15H2. The Hall–Kier alpha value is -2.50. The van der Waals surface area contributed by atoms with E-state index in [-0.39, 0.29) is 11.8 Å². The van der Waals surface area contributed by atoms with Gasteiger partial charge in [-0.05, 0) is 42.7 Å². The van der Waals surface area contributed by atoms with Gasteiger partial charge < -0.3 is 9.47 Å². The Balaban J connectivity index is 1.75.